The predicted molar refractivity (Wildman–Crippen MR) is 77.1 cm³/mol. The molecule has 0 aliphatic heterocycles. The number of carbonyl (C=O) groups excluding carboxylic acids is 1. The molecule has 0 saturated heterocycles. The summed E-state index contributed by atoms with van der Waals surface area (Å²) >= 11 is 0. The first-order valence-electron chi connectivity index (χ1n) is 7.26. The van der Waals surface area contributed by atoms with Gasteiger partial charge >= 0.3 is 0 Å². The van der Waals surface area contributed by atoms with Crippen LogP contribution in [0.3, 0.4) is 0 Å². The second-order valence-corrected chi connectivity index (χ2v) is 5.83. The van der Waals surface area contributed by atoms with E-state index in [-0.39, 0.29) is 12.3 Å². The molecule has 1 fully saturated rings. The second kappa shape index (κ2) is 5.51. The van der Waals surface area contributed by atoms with Gasteiger partial charge in [-0.15, -0.1) is 0 Å². The van der Waals surface area contributed by atoms with Crippen LogP contribution in [0.1, 0.15) is 36.2 Å². The standard InChI is InChI=1S/C16H17F2N3O/c1-10-7-12(21-20-10)9-15(22)19-16(5-2-6-16)13-4-3-11(17)8-14(13)18/h3-4,7-8H,2,5-6,9H2,1H3,(H,19,22)(H,20,21). The molecule has 1 aromatic heterocycles. The highest BCUT2D eigenvalue weighted by molar-refractivity contribution is 5.79. The molecule has 0 atom stereocenters. The number of hydrogen-bond donors (Lipinski definition) is 2. The monoisotopic (exact) mass is 305 g/mol. The number of nitrogens with zero attached hydrogens (tertiary/aromatic N) is 1. The molecule has 6 heteroatoms. The van der Waals surface area contributed by atoms with E-state index in [0.29, 0.717) is 24.1 Å². The van der Waals surface area contributed by atoms with Gasteiger partial charge in [-0.05, 0) is 38.3 Å². The summed E-state index contributed by atoms with van der Waals surface area (Å²) < 4.78 is 27.1. The van der Waals surface area contributed by atoms with E-state index in [4.69, 9.17) is 0 Å². The summed E-state index contributed by atoms with van der Waals surface area (Å²) in [6.07, 6.45) is 2.34. The van der Waals surface area contributed by atoms with E-state index >= 15 is 0 Å². The zero-order chi connectivity index (χ0) is 15.7. The summed E-state index contributed by atoms with van der Waals surface area (Å²) in [5, 5.41) is 9.71. The lowest BCUT2D eigenvalue weighted by Crippen LogP contribution is -2.51. The zero-order valence-electron chi connectivity index (χ0n) is 12.2. The van der Waals surface area contributed by atoms with Gasteiger partial charge in [0, 0.05) is 17.3 Å². The number of H-pyrrole nitrogens is 1. The van der Waals surface area contributed by atoms with E-state index in [1.807, 2.05) is 6.92 Å². The van der Waals surface area contributed by atoms with Crippen molar-refractivity contribution < 1.29 is 13.6 Å². The van der Waals surface area contributed by atoms with Gasteiger partial charge in [0.05, 0.1) is 17.7 Å². The van der Waals surface area contributed by atoms with Crippen molar-refractivity contribution in [1.82, 2.24) is 15.5 Å². The second-order valence-electron chi connectivity index (χ2n) is 5.83. The predicted octanol–water partition coefficient (Wildman–Crippen LogP) is 2.73. The van der Waals surface area contributed by atoms with Crippen LogP contribution in [0.4, 0.5) is 8.78 Å². The molecule has 4 nitrogen and oxygen atoms in total. The normalized spacial score (nSPS) is 16.1. The summed E-state index contributed by atoms with van der Waals surface area (Å²) in [5.41, 5.74) is 1.15. The van der Waals surface area contributed by atoms with Gasteiger partial charge in [0.25, 0.3) is 0 Å². The van der Waals surface area contributed by atoms with Crippen molar-refractivity contribution in [1.29, 1.82) is 0 Å². The van der Waals surface area contributed by atoms with Crippen LogP contribution in [0.5, 0.6) is 0 Å². The Bertz CT molecular complexity index is 707. The molecule has 1 amide bonds. The molecule has 2 N–H and O–H groups in total. The Morgan fingerprint density at radius 3 is 2.68 bits per heavy atom. The van der Waals surface area contributed by atoms with Crippen LogP contribution in [0.15, 0.2) is 24.3 Å². The van der Waals surface area contributed by atoms with E-state index in [2.05, 4.69) is 15.5 Å². The van der Waals surface area contributed by atoms with Crippen LogP contribution in [0, 0.1) is 18.6 Å². The Balaban J connectivity index is 1.77. The molecule has 0 bridgehead atoms. The minimum absolute atomic E-state index is 0.134. The number of nitrogens with one attached hydrogen (secondary N) is 2. The lowest BCUT2D eigenvalue weighted by atomic mass is 9.71. The summed E-state index contributed by atoms with van der Waals surface area (Å²) in [7, 11) is 0. The summed E-state index contributed by atoms with van der Waals surface area (Å²) in [5.74, 6) is -1.44. The first-order chi connectivity index (χ1) is 10.5. The van der Waals surface area contributed by atoms with Crippen LogP contribution in [-0.4, -0.2) is 16.1 Å². The molecule has 22 heavy (non-hydrogen) atoms. The number of benzene rings is 1. The van der Waals surface area contributed by atoms with Gasteiger partial charge in [0.15, 0.2) is 0 Å². The third-order valence-electron chi connectivity index (χ3n) is 4.13. The van der Waals surface area contributed by atoms with Crippen LogP contribution >= 0.6 is 0 Å². The van der Waals surface area contributed by atoms with Crippen molar-refractivity contribution in [2.24, 2.45) is 0 Å². The molecule has 3 rings (SSSR count). The Morgan fingerprint density at radius 1 is 1.36 bits per heavy atom. The molecule has 0 radical (unpaired) electrons. The van der Waals surface area contributed by atoms with Crippen LogP contribution < -0.4 is 5.32 Å². The number of aromatic nitrogens is 2. The summed E-state index contributed by atoms with van der Waals surface area (Å²) in [4.78, 5) is 12.2. The molecule has 1 heterocycles. The third kappa shape index (κ3) is 2.73. The van der Waals surface area contributed by atoms with Gasteiger partial charge in [-0.3, -0.25) is 9.89 Å². The molecule has 0 spiro atoms. The van der Waals surface area contributed by atoms with Crippen LogP contribution in [-0.2, 0) is 16.8 Å². The topological polar surface area (TPSA) is 57.8 Å². The first kappa shape index (κ1) is 14.7. The highest BCUT2D eigenvalue weighted by Crippen LogP contribution is 2.42. The lowest BCUT2D eigenvalue weighted by Gasteiger charge is -2.43. The van der Waals surface area contributed by atoms with Crippen molar-refractivity contribution >= 4 is 5.91 Å². The Labute approximate surface area is 126 Å². The van der Waals surface area contributed by atoms with E-state index < -0.39 is 17.2 Å². The van der Waals surface area contributed by atoms with Crippen LogP contribution in [0.25, 0.3) is 0 Å². The molecular formula is C16H17F2N3O. The zero-order valence-corrected chi connectivity index (χ0v) is 12.2. The van der Waals surface area contributed by atoms with E-state index in [0.717, 1.165) is 18.2 Å². The SMILES string of the molecule is Cc1cc(CC(=O)NC2(c3ccc(F)cc3F)CCC2)n[nH]1. The van der Waals surface area contributed by atoms with E-state index in [1.165, 1.54) is 12.1 Å². The highest BCUT2D eigenvalue weighted by atomic mass is 19.1. The van der Waals surface area contributed by atoms with Gasteiger partial charge in [-0.2, -0.15) is 5.10 Å². The fraction of sp³-hybridized carbons (Fsp3) is 0.375. The van der Waals surface area contributed by atoms with Gasteiger partial charge in [0.2, 0.25) is 5.91 Å². The minimum Gasteiger partial charge on any atom is -0.346 e. The molecule has 0 unspecified atom stereocenters. The maximum Gasteiger partial charge on any atom is 0.226 e. The maximum absolute atomic E-state index is 14.0. The molecule has 116 valence electrons. The van der Waals surface area contributed by atoms with Crippen molar-refractivity contribution in [2.45, 2.75) is 38.1 Å². The summed E-state index contributed by atoms with van der Waals surface area (Å²) in [6.45, 7) is 1.86. The molecule has 1 saturated carbocycles. The Morgan fingerprint density at radius 2 is 2.14 bits per heavy atom. The Hall–Kier alpha value is -2.24. The third-order valence-corrected chi connectivity index (χ3v) is 4.13. The summed E-state index contributed by atoms with van der Waals surface area (Å²) in [6, 6.07) is 5.30. The molecule has 1 aromatic carbocycles. The number of amides is 1. The number of hydrogen-bond acceptors (Lipinski definition) is 2. The average molecular weight is 305 g/mol. The average Bonchev–Trinajstić information content (AvgIpc) is 2.80. The van der Waals surface area contributed by atoms with Gasteiger partial charge in [0.1, 0.15) is 11.6 Å². The number of aryl methyl sites for hydroxylation is 1. The molecule has 1 aliphatic carbocycles. The maximum atomic E-state index is 14.0. The number of carbonyl (C=O) groups is 1. The number of aromatic amines is 1. The van der Waals surface area contributed by atoms with Gasteiger partial charge in [-0.25, -0.2) is 8.78 Å². The lowest BCUT2D eigenvalue weighted by molar-refractivity contribution is -0.123. The van der Waals surface area contributed by atoms with Crippen molar-refractivity contribution in [3.05, 3.63) is 52.9 Å². The van der Waals surface area contributed by atoms with Gasteiger partial charge < -0.3 is 5.32 Å². The molecular weight excluding hydrogens is 288 g/mol. The largest absolute Gasteiger partial charge is 0.346 e. The van der Waals surface area contributed by atoms with Gasteiger partial charge in [-0.1, -0.05) is 6.07 Å². The molecule has 2 aromatic rings. The smallest absolute Gasteiger partial charge is 0.226 e. The Kier molecular flexibility index (Phi) is 3.68. The van der Waals surface area contributed by atoms with E-state index in [9.17, 15) is 13.6 Å². The van der Waals surface area contributed by atoms with Crippen molar-refractivity contribution in [2.75, 3.05) is 0 Å². The highest BCUT2D eigenvalue weighted by Gasteiger charge is 2.41. The fourth-order valence-electron chi connectivity index (χ4n) is 2.91. The number of halogens is 2. The van der Waals surface area contributed by atoms with Crippen molar-refractivity contribution in [3.63, 3.8) is 0 Å². The fourth-order valence-corrected chi connectivity index (χ4v) is 2.91. The number of rotatable bonds is 4. The van der Waals surface area contributed by atoms with Crippen molar-refractivity contribution in [3.8, 4) is 0 Å². The minimum atomic E-state index is -0.722. The first-order valence-corrected chi connectivity index (χ1v) is 7.26. The molecule has 1 aliphatic rings. The quantitative estimate of drug-likeness (QED) is 0.912. The van der Waals surface area contributed by atoms with E-state index in [1.54, 1.807) is 6.07 Å². The van der Waals surface area contributed by atoms with Crippen LogP contribution in [0.2, 0.25) is 0 Å².